The second-order valence-electron chi connectivity index (χ2n) is 4.57. The van der Waals surface area contributed by atoms with Crippen molar-refractivity contribution in [1.82, 2.24) is 0 Å². The van der Waals surface area contributed by atoms with E-state index in [1.165, 1.54) is 12.1 Å². The van der Waals surface area contributed by atoms with Gasteiger partial charge in [-0.15, -0.1) is 0 Å². The SMILES string of the molecule is O=S(=O)(/C=C/c1ccccc1)Nc1ccc(F)cc1OCCO. The first-order valence-electron chi connectivity index (χ1n) is 6.79. The Kier molecular flexibility index (Phi) is 5.72. The van der Waals surface area contributed by atoms with Crippen molar-refractivity contribution in [2.75, 3.05) is 17.9 Å². The summed E-state index contributed by atoms with van der Waals surface area (Å²) < 4.78 is 44.9. The Morgan fingerprint density at radius 2 is 1.91 bits per heavy atom. The second-order valence-corrected chi connectivity index (χ2v) is 6.14. The molecule has 2 rings (SSSR count). The van der Waals surface area contributed by atoms with Crippen LogP contribution in [0.15, 0.2) is 53.9 Å². The summed E-state index contributed by atoms with van der Waals surface area (Å²) in [5, 5.41) is 9.78. The van der Waals surface area contributed by atoms with Crippen LogP contribution < -0.4 is 9.46 Å². The molecule has 0 aliphatic carbocycles. The number of ether oxygens (including phenoxy) is 1. The monoisotopic (exact) mass is 337 g/mol. The fraction of sp³-hybridized carbons (Fsp3) is 0.125. The van der Waals surface area contributed by atoms with Gasteiger partial charge in [-0.25, -0.2) is 12.8 Å². The Balaban J connectivity index is 2.18. The third kappa shape index (κ3) is 5.39. The summed E-state index contributed by atoms with van der Waals surface area (Å²) in [5.41, 5.74) is 0.825. The summed E-state index contributed by atoms with van der Waals surface area (Å²) in [4.78, 5) is 0. The van der Waals surface area contributed by atoms with Crippen molar-refractivity contribution >= 4 is 21.8 Å². The highest BCUT2D eigenvalue weighted by Crippen LogP contribution is 2.26. The van der Waals surface area contributed by atoms with Crippen LogP contribution in [-0.2, 0) is 10.0 Å². The number of aliphatic hydroxyl groups excluding tert-OH is 1. The van der Waals surface area contributed by atoms with Gasteiger partial charge in [0.15, 0.2) is 0 Å². The summed E-state index contributed by atoms with van der Waals surface area (Å²) in [6.07, 6.45) is 1.44. The van der Waals surface area contributed by atoms with Crippen molar-refractivity contribution in [1.29, 1.82) is 0 Å². The zero-order valence-electron chi connectivity index (χ0n) is 12.1. The lowest BCUT2D eigenvalue weighted by Gasteiger charge is -2.11. The molecule has 0 unspecified atom stereocenters. The van der Waals surface area contributed by atoms with Crippen molar-refractivity contribution in [3.05, 3.63) is 65.3 Å². The predicted molar refractivity (Wildman–Crippen MR) is 87.0 cm³/mol. The number of rotatable bonds is 7. The minimum Gasteiger partial charge on any atom is -0.489 e. The molecule has 0 bridgehead atoms. The normalized spacial score (nSPS) is 11.6. The standard InChI is InChI=1S/C16H16FNO4S/c17-14-6-7-15(16(12-14)22-10-9-19)18-23(20,21)11-8-13-4-2-1-3-5-13/h1-8,11-12,18-19H,9-10H2/b11-8+. The van der Waals surface area contributed by atoms with Crippen LogP contribution in [0.2, 0.25) is 0 Å². The molecule has 0 heterocycles. The lowest BCUT2D eigenvalue weighted by molar-refractivity contribution is 0.201. The molecule has 2 aromatic rings. The number of nitrogens with one attached hydrogen (secondary N) is 1. The summed E-state index contributed by atoms with van der Waals surface area (Å²) in [5.74, 6) is -0.559. The van der Waals surface area contributed by atoms with E-state index in [1.807, 2.05) is 6.07 Å². The van der Waals surface area contributed by atoms with Gasteiger partial charge in [0.25, 0.3) is 10.0 Å². The summed E-state index contributed by atoms with van der Waals surface area (Å²) in [7, 11) is -3.79. The maximum atomic E-state index is 13.2. The van der Waals surface area contributed by atoms with Crippen LogP contribution in [-0.4, -0.2) is 26.7 Å². The van der Waals surface area contributed by atoms with Gasteiger partial charge in [0, 0.05) is 6.07 Å². The smallest absolute Gasteiger partial charge is 0.255 e. The van der Waals surface area contributed by atoms with Gasteiger partial charge in [0.1, 0.15) is 18.2 Å². The molecule has 0 aliphatic rings. The molecular formula is C16H16FNO4S. The molecule has 0 radical (unpaired) electrons. The lowest BCUT2D eigenvalue weighted by atomic mass is 10.2. The molecule has 2 N–H and O–H groups in total. The molecule has 2 aromatic carbocycles. The highest BCUT2D eigenvalue weighted by Gasteiger charge is 2.12. The molecule has 7 heteroatoms. The number of hydrogen-bond acceptors (Lipinski definition) is 4. The quantitative estimate of drug-likeness (QED) is 0.814. The molecule has 0 saturated heterocycles. The van der Waals surface area contributed by atoms with E-state index in [1.54, 1.807) is 24.3 Å². The number of benzene rings is 2. The van der Waals surface area contributed by atoms with Gasteiger partial charge in [-0.1, -0.05) is 30.3 Å². The van der Waals surface area contributed by atoms with Crippen molar-refractivity contribution in [3.8, 4) is 5.75 Å². The zero-order chi connectivity index (χ0) is 16.7. The van der Waals surface area contributed by atoms with Crippen LogP contribution in [0, 0.1) is 5.82 Å². The van der Waals surface area contributed by atoms with Crippen molar-refractivity contribution in [2.24, 2.45) is 0 Å². The Bertz CT molecular complexity index is 776. The Morgan fingerprint density at radius 3 is 2.61 bits per heavy atom. The summed E-state index contributed by atoms with van der Waals surface area (Å²) >= 11 is 0. The first-order valence-corrected chi connectivity index (χ1v) is 8.34. The van der Waals surface area contributed by atoms with Crippen molar-refractivity contribution in [2.45, 2.75) is 0 Å². The van der Waals surface area contributed by atoms with Gasteiger partial charge >= 0.3 is 0 Å². The molecule has 0 fully saturated rings. The van der Waals surface area contributed by atoms with E-state index in [0.717, 1.165) is 23.1 Å². The molecule has 0 aromatic heterocycles. The molecule has 0 spiro atoms. The van der Waals surface area contributed by atoms with E-state index in [-0.39, 0.29) is 24.7 Å². The average Bonchev–Trinajstić information content (AvgIpc) is 2.54. The number of hydrogen-bond donors (Lipinski definition) is 2. The Labute approximate surface area is 134 Å². The summed E-state index contributed by atoms with van der Waals surface area (Å²) in [6, 6.07) is 12.4. The third-order valence-electron chi connectivity index (χ3n) is 2.78. The fourth-order valence-electron chi connectivity index (χ4n) is 1.78. The maximum Gasteiger partial charge on any atom is 0.255 e. The third-order valence-corrected chi connectivity index (χ3v) is 3.78. The number of halogens is 1. The summed E-state index contributed by atoms with van der Waals surface area (Å²) in [6.45, 7) is -0.339. The van der Waals surface area contributed by atoms with Gasteiger partial charge in [-0.3, -0.25) is 4.72 Å². The van der Waals surface area contributed by atoms with Crippen LogP contribution >= 0.6 is 0 Å². The van der Waals surface area contributed by atoms with Gasteiger partial charge in [0.05, 0.1) is 17.7 Å². The molecule has 5 nitrogen and oxygen atoms in total. The van der Waals surface area contributed by atoms with Crippen LogP contribution in [0.1, 0.15) is 5.56 Å². The molecular weight excluding hydrogens is 321 g/mol. The minimum absolute atomic E-state index is 0.00994. The molecule has 23 heavy (non-hydrogen) atoms. The molecule has 0 aliphatic heterocycles. The highest BCUT2D eigenvalue weighted by atomic mass is 32.2. The fourth-order valence-corrected chi connectivity index (χ4v) is 2.65. The van der Waals surface area contributed by atoms with Gasteiger partial charge in [0.2, 0.25) is 0 Å². The lowest BCUT2D eigenvalue weighted by Crippen LogP contribution is -2.11. The maximum absolute atomic E-state index is 13.2. The number of sulfonamides is 1. The Hall–Kier alpha value is -2.38. The average molecular weight is 337 g/mol. The molecule has 0 amide bonds. The van der Waals surface area contributed by atoms with Crippen LogP contribution in [0.25, 0.3) is 6.08 Å². The van der Waals surface area contributed by atoms with Crippen LogP contribution in [0.4, 0.5) is 10.1 Å². The van der Waals surface area contributed by atoms with E-state index >= 15 is 0 Å². The zero-order valence-corrected chi connectivity index (χ0v) is 13.0. The van der Waals surface area contributed by atoms with Crippen LogP contribution in [0.3, 0.4) is 0 Å². The Morgan fingerprint density at radius 1 is 1.17 bits per heavy atom. The van der Waals surface area contributed by atoms with E-state index in [2.05, 4.69) is 4.72 Å². The van der Waals surface area contributed by atoms with E-state index in [0.29, 0.717) is 0 Å². The van der Waals surface area contributed by atoms with E-state index < -0.39 is 15.8 Å². The topological polar surface area (TPSA) is 75.6 Å². The largest absolute Gasteiger partial charge is 0.489 e. The second kappa shape index (κ2) is 7.75. The van der Waals surface area contributed by atoms with Gasteiger partial charge in [-0.2, -0.15) is 0 Å². The first-order chi connectivity index (χ1) is 11.0. The first kappa shape index (κ1) is 17.0. The van der Waals surface area contributed by atoms with Crippen molar-refractivity contribution in [3.63, 3.8) is 0 Å². The van der Waals surface area contributed by atoms with E-state index in [4.69, 9.17) is 9.84 Å². The number of aliphatic hydroxyl groups is 1. The molecule has 122 valence electrons. The number of anilines is 1. The molecule has 0 saturated carbocycles. The predicted octanol–water partition coefficient (Wildman–Crippen LogP) is 2.61. The van der Waals surface area contributed by atoms with Crippen molar-refractivity contribution < 1.29 is 22.7 Å². The molecule has 0 atom stereocenters. The minimum atomic E-state index is -3.79. The highest BCUT2D eigenvalue weighted by molar-refractivity contribution is 7.95. The van der Waals surface area contributed by atoms with Crippen LogP contribution in [0.5, 0.6) is 5.75 Å². The van der Waals surface area contributed by atoms with E-state index in [9.17, 15) is 12.8 Å². The van der Waals surface area contributed by atoms with Gasteiger partial charge < -0.3 is 9.84 Å². The van der Waals surface area contributed by atoms with Gasteiger partial charge in [-0.05, 0) is 23.8 Å².